The lowest BCUT2D eigenvalue weighted by atomic mass is 10.2. The Morgan fingerprint density at radius 1 is 1.15 bits per heavy atom. The van der Waals surface area contributed by atoms with Gasteiger partial charge in [0.25, 0.3) is 5.91 Å². The number of piperazine rings is 1. The lowest BCUT2D eigenvalue weighted by molar-refractivity contribution is 0.0630. The summed E-state index contributed by atoms with van der Waals surface area (Å²) >= 11 is 0. The highest BCUT2D eigenvalue weighted by molar-refractivity contribution is 5.99. The summed E-state index contributed by atoms with van der Waals surface area (Å²) in [5, 5.41) is 4.20. The number of carbonyl (C=O) groups excluding carboxylic acids is 1. The van der Waals surface area contributed by atoms with Crippen LogP contribution in [0, 0.1) is 0 Å². The zero-order valence-electron chi connectivity index (χ0n) is 14.6. The topological polar surface area (TPSA) is 75.9 Å². The molecule has 1 aliphatic heterocycles. The van der Waals surface area contributed by atoms with Crippen LogP contribution in [-0.4, -0.2) is 68.6 Å². The van der Waals surface area contributed by atoms with Crippen molar-refractivity contribution in [3.05, 3.63) is 54.1 Å². The van der Waals surface area contributed by atoms with Gasteiger partial charge in [0.15, 0.2) is 5.65 Å². The van der Waals surface area contributed by atoms with E-state index in [0.717, 1.165) is 25.2 Å². The fourth-order valence-corrected chi connectivity index (χ4v) is 3.14. The number of carbonyl (C=O) groups is 1. The molecular weight excluding hydrogens is 332 g/mol. The molecule has 134 valence electrons. The van der Waals surface area contributed by atoms with Gasteiger partial charge in [-0.1, -0.05) is 6.07 Å². The Labute approximate surface area is 151 Å². The minimum Gasteiger partial charge on any atom is -0.481 e. The molecule has 0 unspecified atom stereocenters. The molecule has 26 heavy (non-hydrogen) atoms. The molecule has 3 aromatic rings. The molecule has 8 heteroatoms. The van der Waals surface area contributed by atoms with E-state index >= 15 is 0 Å². The summed E-state index contributed by atoms with van der Waals surface area (Å²) in [6.07, 6.45) is 6.90. The van der Waals surface area contributed by atoms with Crippen molar-refractivity contribution in [1.29, 1.82) is 0 Å². The molecule has 1 saturated heterocycles. The highest BCUT2D eigenvalue weighted by Gasteiger charge is 2.24. The van der Waals surface area contributed by atoms with Gasteiger partial charge in [0.2, 0.25) is 5.88 Å². The largest absolute Gasteiger partial charge is 0.481 e. The number of fused-ring (bicyclic) bond motifs is 1. The van der Waals surface area contributed by atoms with Crippen molar-refractivity contribution < 1.29 is 9.53 Å². The van der Waals surface area contributed by atoms with Gasteiger partial charge in [-0.15, -0.1) is 0 Å². The van der Waals surface area contributed by atoms with Crippen molar-refractivity contribution in [1.82, 2.24) is 29.4 Å². The van der Waals surface area contributed by atoms with Crippen LogP contribution in [0.5, 0.6) is 5.88 Å². The highest BCUT2D eigenvalue weighted by atomic mass is 16.5. The molecule has 4 rings (SSSR count). The third-order valence-corrected chi connectivity index (χ3v) is 4.58. The van der Waals surface area contributed by atoms with Crippen LogP contribution < -0.4 is 4.74 Å². The van der Waals surface area contributed by atoms with Crippen molar-refractivity contribution in [2.45, 2.75) is 6.54 Å². The standard InChI is InChI=1S/C18H20N6O2/c1-26-16-4-3-14(11-20-16)13-22-7-9-23(10-8-22)18(25)15-12-21-24-6-2-5-19-17(15)24/h2-6,11-12H,7-10,13H2,1H3. The number of ether oxygens (including phenoxy) is 1. The molecule has 0 saturated carbocycles. The summed E-state index contributed by atoms with van der Waals surface area (Å²) in [6, 6.07) is 5.68. The molecule has 0 aromatic carbocycles. The Hall–Kier alpha value is -3.00. The Morgan fingerprint density at radius 3 is 2.73 bits per heavy atom. The molecule has 0 N–H and O–H groups in total. The number of rotatable bonds is 4. The first-order valence-electron chi connectivity index (χ1n) is 8.53. The first-order valence-corrected chi connectivity index (χ1v) is 8.53. The van der Waals surface area contributed by atoms with Gasteiger partial charge in [-0.3, -0.25) is 9.69 Å². The number of aromatic nitrogens is 4. The molecule has 0 spiro atoms. The van der Waals surface area contributed by atoms with Gasteiger partial charge in [0.05, 0.1) is 13.3 Å². The van der Waals surface area contributed by atoms with Crippen LogP contribution in [0.25, 0.3) is 5.65 Å². The summed E-state index contributed by atoms with van der Waals surface area (Å²) in [5.74, 6) is 0.607. The molecule has 1 aliphatic rings. The summed E-state index contributed by atoms with van der Waals surface area (Å²) in [6.45, 7) is 3.84. The number of hydrogen-bond acceptors (Lipinski definition) is 6. The van der Waals surface area contributed by atoms with Gasteiger partial charge in [0.1, 0.15) is 5.56 Å². The fourth-order valence-electron chi connectivity index (χ4n) is 3.14. The number of nitrogens with zero attached hydrogens (tertiary/aromatic N) is 6. The average Bonchev–Trinajstić information content (AvgIpc) is 3.13. The van der Waals surface area contributed by atoms with Crippen molar-refractivity contribution in [3.8, 4) is 5.88 Å². The molecule has 8 nitrogen and oxygen atoms in total. The monoisotopic (exact) mass is 352 g/mol. The molecule has 0 aliphatic carbocycles. The van der Waals surface area contributed by atoms with E-state index in [0.29, 0.717) is 30.2 Å². The summed E-state index contributed by atoms with van der Waals surface area (Å²) in [4.78, 5) is 25.5. The lowest BCUT2D eigenvalue weighted by Crippen LogP contribution is -2.48. The number of pyridine rings is 1. The van der Waals surface area contributed by atoms with Gasteiger partial charge >= 0.3 is 0 Å². The smallest absolute Gasteiger partial charge is 0.259 e. The van der Waals surface area contributed by atoms with Crippen molar-refractivity contribution >= 4 is 11.6 Å². The van der Waals surface area contributed by atoms with Crippen LogP contribution in [0.15, 0.2) is 43.0 Å². The van der Waals surface area contributed by atoms with Gasteiger partial charge in [-0.2, -0.15) is 5.10 Å². The van der Waals surface area contributed by atoms with E-state index < -0.39 is 0 Å². The molecule has 1 amide bonds. The van der Waals surface area contributed by atoms with Gasteiger partial charge in [0, 0.05) is 57.4 Å². The zero-order valence-corrected chi connectivity index (χ0v) is 14.6. The minimum atomic E-state index is -0.00976. The summed E-state index contributed by atoms with van der Waals surface area (Å²) in [5.41, 5.74) is 2.29. The highest BCUT2D eigenvalue weighted by Crippen LogP contribution is 2.15. The maximum atomic E-state index is 12.8. The molecular formula is C18H20N6O2. The third kappa shape index (κ3) is 3.23. The first-order chi connectivity index (χ1) is 12.7. The van der Waals surface area contributed by atoms with E-state index in [2.05, 4.69) is 20.0 Å². The fraction of sp³-hybridized carbons (Fsp3) is 0.333. The quantitative estimate of drug-likeness (QED) is 0.700. The Balaban J connectivity index is 1.37. The molecule has 3 aromatic heterocycles. The van der Waals surface area contributed by atoms with Gasteiger partial charge < -0.3 is 9.64 Å². The maximum Gasteiger partial charge on any atom is 0.259 e. The minimum absolute atomic E-state index is 0.00976. The van der Waals surface area contributed by atoms with Gasteiger partial charge in [-0.05, 0) is 11.6 Å². The van der Waals surface area contributed by atoms with E-state index in [1.54, 1.807) is 36.3 Å². The van der Waals surface area contributed by atoms with E-state index in [1.807, 2.05) is 23.2 Å². The summed E-state index contributed by atoms with van der Waals surface area (Å²) < 4.78 is 6.71. The van der Waals surface area contributed by atoms with E-state index in [1.165, 1.54) is 0 Å². The SMILES string of the molecule is COc1ccc(CN2CCN(C(=O)c3cnn4cccnc34)CC2)cn1. The lowest BCUT2D eigenvalue weighted by Gasteiger charge is -2.34. The van der Waals surface area contributed by atoms with Crippen molar-refractivity contribution in [3.63, 3.8) is 0 Å². The molecule has 0 radical (unpaired) electrons. The maximum absolute atomic E-state index is 12.8. The second-order valence-electron chi connectivity index (χ2n) is 6.22. The van der Waals surface area contributed by atoms with E-state index in [-0.39, 0.29) is 5.91 Å². The molecule has 1 fully saturated rings. The van der Waals surface area contributed by atoms with Crippen LogP contribution in [0.1, 0.15) is 15.9 Å². The second-order valence-corrected chi connectivity index (χ2v) is 6.22. The van der Waals surface area contributed by atoms with Crippen LogP contribution in [0.4, 0.5) is 0 Å². The molecule has 4 heterocycles. The predicted octanol–water partition coefficient (Wildman–Crippen LogP) is 1.09. The van der Waals surface area contributed by atoms with E-state index in [4.69, 9.17) is 4.74 Å². The average molecular weight is 352 g/mol. The molecule has 0 bridgehead atoms. The Morgan fingerprint density at radius 2 is 2.00 bits per heavy atom. The Kier molecular flexibility index (Phi) is 4.49. The zero-order chi connectivity index (χ0) is 17.9. The van der Waals surface area contributed by atoms with Gasteiger partial charge in [-0.25, -0.2) is 14.5 Å². The number of amides is 1. The van der Waals surface area contributed by atoms with Crippen molar-refractivity contribution in [2.75, 3.05) is 33.3 Å². The number of hydrogen-bond donors (Lipinski definition) is 0. The van der Waals surface area contributed by atoms with Crippen LogP contribution in [0.3, 0.4) is 0 Å². The normalized spacial score (nSPS) is 15.3. The number of methoxy groups -OCH3 is 1. The van der Waals surface area contributed by atoms with E-state index in [9.17, 15) is 4.79 Å². The van der Waals surface area contributed by atoms with Crippen LogP contribution in [-0.2, 0) is 6.54 Å². The third-order valence-electron chi connectivity index (χ3n) is 4.58. The molecule has 0 atom stereocenters. The summed E-state index contributed by atoms with van der Waals surface area (Å²) in [7, 11) is 1.61. The van der Waals surface area contributed by atoms with Crippen LogP contribution in [0.2, 0.25) is 0 Å². The predicted molar refractivity (Wildman–Crippen MR) is 95.0 cm³/mol. The second kappa shape index (κ2) is 7.09. The Bertz CT molecular complexity index is 899. The van der Waals surface area contributed by atoms with Crippen molar-refractivity contribution in [2.24, 2.45) is 0 Å². The first kappa shape index (κ1) is 16.5. The van der Waals surface area contributed by atoms with Crippen LogP contribution >= 0.6 is 0 Å².